The molecule has 0 aromatic carbocycles. The van der Waals surface area contributed by atoms with Crippen molar-refractivity contribution in [3.8, 4) is 6.07 Å². The van der Waals surface area contributed by atoms with Crippen LogP contribution in [-0.2, 0) is 0 Å². The normalized spacial score (nSPS) is 26.1. The minimum absolute atomic E-state index is 0.0994. The second-order valence-electron chi connectivity index (χ2n) is 4.97. The van der Waals surface area contributed by atoms with E-state index in [4.69, 9.17) is 5.26 Å². The average Bonchev–Trinajstić information content (AvgIpc) is 3.10. The van der Waals surface area contributed by atoms with Crippen LogP contribution in [0, 0.1) is 17.2 Å². The Morgan fingerprint density at radius 3 is 2.53 bits per heavy atom. The van der Waals surface area contributed by atoms with Crippen molar-refractivity contribution >= 4 is 0 Å². The smallest absolute Gasteiger partial charge is 0.0949 e. The Hall–Kier alpha value is -0.590. The maximum absolute atomic E-state index is 8.83. The number of piperidine rings is 1. The third-order valence-electron chi connectivity index (χ3n) is 3.66. The van der Waals surface area contributed by atoms with Crippen molar-refractivity contribution in [3.05, 3.63) is 0 Å². The van der Waals surface area contributed by atoms with Crippen LogP contribution in [0.1, 0.15) is 32.6 Å². The van der Waals surface area contributed by atoms with Gasteiger partial charge in [0.25, 0.3) is 0 Å². The van der Waals surface area contributed by atoms with Gasteiger partial charge in [0.15, 0.2) is 0 Å². The Morgan fingerprint density at radius 2 is 2.00 bits per heavy atom. The van der Waals surface area contributed by atoms with E-state index in [0.29, 0.717) is 0 Å². The number of hydrogen-bond donors (Lipinski definition) is 1. The summed E-state index contributed by atoms with van der Waals surface area (Å²) in [4.78, 5) is 2.30. The molecular formula is C12H21N3. The number of hydrogen-bond acceptors (Lipinski definition) is 3. The van der Waals surface area contributed by atoms with Crippen LogP contribution in [0.15, 0.2) is 0 Å². The SMILES string of the molecule is CC(C#N)N1CCC(CNC2CC2)CC1. The molecule has 0 aromatic rings. The highest BCUT2D eigenvalue weighted by atomic mass is 15.2. The Morgan fingerprint density at radius 1 is 1.33 bits per heavy atom. The molecule has 3 nitrogen and oxygen atoms in total. The predicted molar refractivity (Wildman–Crippen MR) is 60.4 cm³/mol. The van der Waals surface area contributed by atoms with Gasteiger partial charge in [-0.2, -0.15) is 5.26 Å². The van der Waals surface area contributed by atoms with Crippen LogP contribution in [0.3, 0.4) is 0 Å². The maximum atomic E-state index is 8.83. The molecule has 0 radical (unpaired) electrons. The average molecular weight is 207 g/mol. The van der Waals surface area contributed by atoms with Gasteiger partial charge in [-0.3, -0.25) is 4.90 Å². The molecule has 0 amide bonds. The number of likely N-dealkylation sites (tertiary alicyclic amines) is 1. The first-order valence-corrected chi connectivity index (χ1v) is 6.16. The highest BCUT2D eigenvalue weighted by Gasteiger charge is 2.25. The summed E-state index contributed by atoms with van der Waals surface area (Å²) in [5.74, 6) is 0.841. The first-order valence-electron chi connectivity index (χ1n) is 6.16. The zero-order valence-corrected chi connectivity index (χ0v) is 9.58. The van der Waals surface area contributed by atoms with Gasteiger partial charge in [-0.15, -0.1) is 0 Å². The van der Waals surface area contributed by atoms with E-state index in [1.807, 2.05) is 6.92 Å². The Labute approximate surface area is 92.4 Å². The zero-order valence-electron chi connectivity index (χ0n) is 9.58. The van der Waals surface area contributed by atoms with Crippen LogP contribution in [0.25, 0.3) is 0 Å². The van der Waals surface area contributed by atoms with E-state index < -0.39 is 0 Å². The largest absolute Gasteiger partial charge is 0.314 e. The van der Waals surface area contributed by atoms with Crippen LogP contribution < -0.4 is 5.32 Å². The van der Waals surface area contributed by atoms with Crippen molar-refractivity contribution in [3.63, 3.8) is 0 Å². The number of nitriles is 1. The summed E-state index contributed by atoms with van der Waals surface area (Å²) in [6.07, 6.45) is 5.27. The molecule has 1 saturated heterocycles. The molecule has 2 rings (SSSR count). The third kappa shape index (κ3) is 3.19. The fraction of sp³-hybridized carbons (Fsp3) is 0.917. The highest BCUT2D eigenvalue weighted by Crippen LogP contribution is 2.22. The summed E-state index contributed by atoms with van der Waals surface area (Å²) >= 11 is 0. The Kier molecular flexibility index (Phi) is 3.61. The second-order valence-corrected chi connectivity index (χ2v) is 4.97. The van der Waals surface area contributed by atoms with Gasteiger partial charge in [0.05, 0.1) is 12.1 Å². The van der Waals surface area contributed by atoms with Gasteiger partial charge in [-0.05, 0) is 58.2 Å². The van der Waals surface area contributed by atoms with Gasteiger partial charge < -0.3 is 5.32 Å². The van der Waals surface area contributed by atoms with E-state index in [1.54, 1.807) is 0 Å². The first-order chi connectivity index (χ1) is 7.29. The van der Waals surface area contributed by atoms with Crippen molar-refractivity contribution in [2.75, 3.05) is 19.6 Å². The monoisotopic (exact) mass is 207 g/mol. The molecule has 1 aliphatic carbocycles. The minimum atomic E-state index is 0.0994. The van der Waals surface area contributed by atoms with Crippen molar-refractivity contribution in [2.45, 2.75) is 44.7 Å². The van der Waals surface area contributed by atoms with Gasteiger partial charge in [0, 0.05) is 6.04 Å². The topological polar surface area (TPSA) is 39.1 Å². The number of nitrogens with one attached hydrogen (secondary N) is 1. The van der Waals surface area contributed by atoms with Crippen LogP contribution in [0.5, 0.6) is 0 Å². The van der Waals surface area contributed by atoms with E-state index in [0.717, 1.165) is 25.0 Å². The van der Waals surface area contributed by atoms with Gasteiger partial charge >= 0.3 is 0 Å². The molecule has 1 N–H and O–H groups in total. The summed E-state index contributed by atoms with van der Waals surface area (Å²) in [7, 11) is 0. The Bertz CT molecular complexity index is 234. The molecule has 1 unspecified atom stereocenters. The zero-order chi connectivity index (χ0) is 10.7. The fourth-order valence-corrected chi connectivity index (χ4v) is 2.25. The molecule has 1 heterocycles. The van der Waals surface area contributed by atoms with E-state index in [-0.39, 0.29) is 6.04 Å². The summed E-state index contributed by atoms with van der Waals surface area (Å²) in [6.45, 7) is 5.40. The van der Waals surface area contributed by atoms with E-state index in [2.05, 4.69) is 16.3 Å². The van der Waals surface area contributed by atoms with Crippen molar-refractivity contribution < 1.29 is 0 Å². The molecule has 0 aromatic heterocycles. The first kappa shape index (κ1) is 10.9. The van der Waals surface area contributed by atoms with Gasteiger partial charge in [-0.1, -0.05) is 0 Å². The van der Waals surface area contributed by atoms with Crippen LogP contribution in [-0.4, -0.2) is 36.6 Å². The van der Waals surface area contributed by atoms with Gasteiger partial charge in [0.1, 0.15) is 0 Å². The molecule has 0 bridgehead atoms. The number of nitrogens with zero attached hydrogens (tertiary/aromatic N) is 2. The summed E-state index contributed by atoms with van der Waals surface area (Å²) < 4.78 is 0. The van der Waals surface area contributed by atoms with Crippen molar-refractivity contribution in [2.24, 2.45) is 5.92 Å². The lowest BCUT2D eigenvalue weighted by molar-refractivity contribution is 0.163. The summed E-state index contributed by atoms with van der Waals surface area (Å²) in [5, 5.41) is 12.4. The molecule has 1 atom stereocenters. The van der Waals surface area contributed by atoms with Crippen LogP contribution in [0.4, 0.5) is 0 Å². The molecule has 2 fully saturated rings. The van der Waals surface area contributed by atoms with Gasteiger partial charge in [-0.25, -0.2) is 0 Å². The minimum Gasteiger partial charge on any atom is -0.314 e. The lowest BCUT2D eigenvalue weighted by atomic mass is 9.96. The van der Waals surface area contributed by atoms with Gasteiger partial charge in [0.2, 0.25) is 0 Å². The molecule has 2 aliphatic rings. The van der Waals surface area contributed by atoms with E-state index >= 15 is 0 Å². The van der Waals surface area contributed by atoms with Crippen LogP contribution in [0.2, 0.25) is 0 Å². The second kappa shape index (κ2) is 4.96. The maximum Gasteiger partial charge on any atom is 0.0949 e. The molecule has 1 aliphatic heterocycles. The van der Waals surface area contributed by atoms with Crippen molar-refractivity contribution in [1.82, 2.24) is 10.2 Å². The lowest BCUT2D eigenvalue weighted by Crippen LogP contribution is -2.41. The summed E-state index contributed by atoms with van der Waals surface area (Å²) in [5.41, 5.74) is 0. The highest BCUT2D eigenvalue weighted by molar-refractivity contribution is 4.90. The number of rotatable bonds is 4. The predicted octanol–water partition coefficient (Wildman–Crippen LogP) is 1.36. The van der Waals surface area contributed by atoms with E-state index in [1.165, 1.54) is 32.2 Å². The molecule has 3 heteroatoms. The standard InChI is InChI=1S/C12H21N3/c1-10(8-13)15-6-4-11(5-7-15)9-14-12-2-3-12/h10-12,14H,2-7,9H2,1H3. The molecule has 1 saturated carbocycles. The Balaban J connectivity index is 1.65. The quantitative estimate of drug-likeness (QED) is 0.756. The van der Waals surface area contributed by atoms with Crippen LogP contribution >= 0.6 is 0 Å². The summed E-state index contributed by atoms with van der Waals surface area (Å²) in [6, 6.07) is 3.25. The fourth-order valence-electron chi connectivity index (χ4n) is 2.25. The van der Waals surface area contributed by atoms with Crippen molar-refractivity contribution in [1.29, 1.82) is 5.26 Å². The molecule has 15 heavy (non-hydrogen) atoms. The molecule has 0 spiro atoms. The third-order valence-corrected chi connectivity index (χ3v) is 3.66. The molecular weight excluding hydrogens is 186 g/mol. The lowest BCUT2D eigenvalue weighted by Gasteiger charge is -2.33. The molecule has 84 valence electrons. The van der Waals surface area contributed by atoms with E-state index in [9.17, 15) is 0 Å².